The fraction of sp³-hybridized carbons (Fsp3) is 0.294. The van der Waals surface area contributed by atoms with E-state index >= 15 is 0 Å². The predicted octanol–water partition coefficient (Wildman–Crippen LogP) is 1.51. The second-order valence-electron chi connectivity index (χ2n) is 5.42. The highest BCUT2D eigenvalue weighted by Crippen LogP contribution is 2.22. The number of rotatable bonds is 4. The maximum absolute atomic E-state index is 12.4. The summed E-state index contributed by atoms with van der Waals surface area (Å²) in [5.41, 5.74) is 0.556. The largest absolute Gasteiger partial charge is 0.497 e. The van der Waals surface area contributed by atoms with Gasteiger partial charge < -0.3 is 14.4 Å². The SMILES string of the molecule is COc1ccc(O[C@@H]2CCN(C(=O)c3cc[n+](O)cc3)C2)cc1. The van der Waals surface area contributed by atoms with Crippen molar-refractivity contribution in [2.75, 3.05) is 20.2 Å². The molecule has 6 heteroatoms. The van der Waals surface area contributed by atoms with Crippen LogP contribution in [0.2, 0.25) is 0 Å². The molecular formula is C17H19N2O4+. The Morgan fingerprint density at radius 2 is 1.83 bits per heavy atom. The van der Waals surface area contributed by atoms with Gasteiger partial charge in [0, 0.05) is 29.8 Å². The number of carbonyl (C=O) groups excluding carboxylic acids is 1. The molecule has 0 saturated carbocycles. The van der Waals surface area contributed by atoms with E-state index < -0.39 is 0 Å². The summed E-state index contributed by atoms with van der Waals surface area (Å²) in [6.07, 6.45) is 3.66. The Bertz CT molecular complexity index is 670. The van der Waals surface area contributed by atoms with Gasteiger partial charge in [0.05, 0.1) is 19.2 Å². The van der Waals surface area contributed by atoms with Crippen LogP contribution >= 0.6 is 0 Å². The summed E-state index contributed by atoms with van der Waals surface area (Å²) in [7, 11) is 1.62. The summed E-state index contributed by atoms with van der Waals surface area (Å²) in [6.45, 7) is 1.21. The number of methoxy groups -OCH3 is 1. The van der Waals surface area contributed by atoms with Crippen molar-refractivity contribution in [1.29, 1.82) is 0 Å². The molecule has 1 N–H and O–H groups in total. The van der Waals surface area contributed by atoms with Crippen LogP contribution in [0.5, 0.6) is 11.5 Å². The third-order valence-electron chi connectivity index (χ3n) is 3.86. The number of aromatic nitrogens is 1. The molecule has 1 atom stereocenters. The lowest BCUT2D eigenvalue weighted by atomic mass is 10.2. The van der Waals surface area contributed by atoms with Crippen molar-refractivity contribution in [2.24, 2.45) is 0 Å². The molecule has 2 heterocycles. The van der Waals surface area contributed by atoms with E-state index in [0.29, 0.717) is 18.7 Å². The molecule has 0 bridgehead atoms. The molecular weight excluding hydrogens is 296 g/mol. The summed E-state index contributed by atoms with van der Waals surface area (Å²) in [5.74, 6) is 1.50. The predicted molar refractivity (Wildman–Crippen MR) is 81.8 cm³/mol. The Labute approximate surface area is 134 Å². The van der Waals surface area contributed by atoms with Gasteiger partial charge in [-0.25, -0.2) is 0 Å². The van der Waals surface area contributed by atoms with Crippen LogP contribution in [-0.4, -0.2) is 42.3 Å². The van der Waals surface area contributed by atoms with Crippen LogP contribution in [-0.2, 0) is 0 Å². The van der Waals surface area contributed by atoms with Gasteiger partial charge in [-0.05, 0) is 24.3 Å². The molecule has 1 aliphatic heterocycles. The first-order valence-corrected chi connectivity index (χ1v) is 7.46. The van der Waals surface area contributed by atoms with Crippen molar-refractivity contribution < 1.29 is 24.2 Å². The average molecular weight is 315 g/mol. The van der Waals surface area contributed by atoms with Crippen LogP contribution in [0, 0.1) is 0 Å². The van der Waals surface area contributed by atoms with Gasteiger partial charge >= 0.3 is 0 Å². The zero-order valence-corrected chi connectivity index (χ0v) is 12.9. The van der Waals surface area contributed by atoms with Gasteiger partial charge in [-0.15, -0.1) is 0 Å². The van der Waals surface area contributed by atoms with Gasteiger partial charge in [-0.1, -0.05) is 0 Å². The molecule has 120 valence electrons. The Morgan fingerprint density at radius 3 is 2.48 bits per heavy atom. The second-order valence-corrected chi connectivity index (χ2v) is 5.42. The molecule has 0 aliphatic carbocycles. The van der Waals surface area contributed by atoms with Crippen LogP contribution in [0.4, 0.5) is 0 Å². The van der Waals surface area contributed by atoms with Gasteiger partial charge in [-0.2, -0.15) is 0 Å². The Kier molecular flexibility index (Phi) is 4.32. The van der Waals surface area contributed by atoms with Crippen molar-refractivity contribution in [3.63, 3.8) is 0 Å². The second kappa shape index (κ2) is 6.56. The molecule has 0 spiro atoms. The Balaban J connectivity index is 1.59. The minimum atomic E-state index is -0.0496. The number of nitrogens with zero attached hydrogens (tertiary/aromatic N) is 2. The van der Waals surface area contributed by atoms with Crippen molar-refractivity contribution >= 4 is 5.91 Å². The molecule has 2 aromatic rings. The maximum Gasteiger partial charge on any atom is 0.254 e. The Hall–Kier alpha value is -2.76. The van der Waals surface area contributed by atoms with Gasteiger partial charge in [0.1, 0.15) is 17.6 Å². The normalized spacial score (nSPS) is 17.1. The zero-order valence-electron chi connectivity index (χ0n) is 12.9. The summed E-state index contributed by atoms with van der Waals surface area (Å²) in [5, 5.41) is 9.21. The van der Waals surface area contributed by atoms with E-state index in [9.17, 15) is 10.0 Å². The van der Waals surface area contributed by atoms with Crippen molar-refractivity contribution in [2.45, 2.75) is 12.5 Å². The number of hydrogen-bond acceptors (Lipinski definition) is 4. The topological polar surface area (TPSA) is 62.9 Å². The number of pyridine rings is 1. The number of carbonyl (C=O) groups is 1. The number of hydrogen-bond donors (Lipinski definition) is 1. The van der Waals surface area contributed by atoms with E-state index in [1.54, 1.807) is 24.1 Å². The van der Waals surface area contributed by atoms with Gasteiger partial charge in [-0.3, -0.25) is 10.0 Å². The van der Waals surface area contributed by atoms with Crippen LogP contribution in [0.3, 0.4) is 0 Å². The lowest BCUT2D eigenvalue weighted by molar-refractivity contribution is -0.904. The van der Waals surface area contributed by atoms with E-state index in [0.717, 1.165) is 22.7 Å². The highest BCUT2D eigenvalue weighted by atomic mass is 16.5. The lowest BCUT2D eigenvalue weighted by Crippen LogP contribution is -2.33. The quantitative estimate of drug-likeness (QED) is 0.686. The first-order chi connectivity index (χ1) is 11.2. The molecule has 1 saturated heterocycles. The molecule has 1 aliphatic rings. The minimum absolute atomic E-state index is 0.0150. The molecule has 1 fully saturated rings. The fourth-order valence-corrected chi connectivity index (χ4v) is 2.60. The van der Waals surface area contributed by atoms with Crippen LogP contribution in [0.15, 0.2) is 48.8 Å². The van der Waals surface area contributed by atoms with E-state index in [4.69, 9.17) is 9.47 Å². The van der Waals surface area contributed by atoms with Gasteiger partial charge in [0.15, 0.2) is 0 Å². The fourth-order valence-electron chi connectivity index (χ4n) is 2.60. The van der Waals surface area contributed by atoms with E-state index in [2.05, 4.69) is 0 Å². The molecule has 6 nitrogen and oxygen atoms in total. The Morgan fingerprint density at radius 1 is 1.17 bits per heavy atom. The standard InChI is InChI=1S/C17H19N2O4/c1-22-14-2-4-15(5-3-14)23-16-8-9-18(12-16)17(20)13-6-10-19(21)11-7-13/h2-7,10-11,16,21H,8-9,12H2,1H3/q+1/t16-/m1/s1. The summed E-state index contributed by atoms with van der Waals surface area (Å²) in [4.78, 5) is 14.2. The van der Waals surface area contributed by atoms with Crippen LogP contribution in [0.25, 0.3) is 0 Å². The smallest absolute Gasteiger partial charge is 0.254 e. The highest BCUT2D eigenvalue weighted by Gasteiger charge is 2.28. The maximum atomic E-state index is 12.4. The number of likely N-dealkylation sites (tertiary alicyclic amines) is 1. The highest BCUT2D eigenvalue weighted by molar-refractivity contribution is 5.94. The third-order valence-corrected chi connectivity index (χ3v) is 3.86. The third kappa shape index (κ3) is 3.53. The summed E-state index contributed by atoms with van der Waals surface area (Å²) in [6, 6.07) is 10.6. The van der Waals surface area contributed by atoms with Crippen LogP contribution < -0.4 is 14.2 Å². The number of benzene rings is 1. The van der Waals surface area contributed by atoms with Crippen molar-refractivity contribution in [3.05, 3.63) is 54.4 Å². The van der Waals surface area contributed by atoms with E-state index in [-0.39, 0.29) is 12.0 Å². The molecule has 3 rings (SSSR count). The van der Waals surface area contributed by atoms with Crippen molar-refractivity contribution in [1.82, 2.24) is 4.90 Å². The first-order valence-electron chi connectivity index (χ1n) is 7.46. The minimum Gasteiger partial charge on any atom is -0.497 e. The summed E-state index contributed by atoms with van der Waals surface area (Å²) >= 11 is 0. The zero-order chi connectivity index (χ0) is 16.2. The van der Waals surface area contributed by atoms with E-state index in [1.165, 1.54) is 12.4 Å². The number of amides is 1. The van der Waals surface area contributed by atoms with Gasteiger partial charge in [0.2, 0.25) is 12.4 Å². The van der Waals surface area contributed by atoms with Gasteiger partial charge in [0.25, 0.3) is 5.91 Å². The van der Waals surface area contributed by atoms with Crippen LogP contribution in [0.1, 0.15) is 16.8 Å². The lowest BCUT2D eigenvalue weighted by Gasteiger charge is -2.17. The molecule has 1 aromatic heterocycles. The van der Waals surface area contributed by atoms with Crippen molar-refractivity contribution in [3.8, 4) is 11.5 Å². The molecule has 0 radical (unpaired) electrons. The molecule has 23 heavy (non-hydrogen) atoms. The molecule has 1 aromatic carbocycles. The molecule has 1 amide bonds. The summed E-state index contributed by atoms with van der Waals surface area (Å²) < 4.78 is 11.9. The van der Waals surface area contributed by atoms with E-state index in [1.807, 2.05) is 24.3 Å². The number of ether oxygens (including phenoxy) is 2. The first kappa shape index (κ1) is 15.1. The monoisotopic (exact) mass is 315 g/mol. The molecule has 0 unspecified atom stereocenters. The average Bonchev–Trinajstić information content (AvgIpc) is 3.04.